The van der Waals surface area contributed by atoms with E-state index in [1.54, 1.807) is 6.07 Å². The average molecular weight is 955 g/mol. The summed E-state index contributed by atoms with van der Waals surface area (Å²) in [5.74, 6) is -0.805. The second-order valence-electron chi connectivity index (χ2n) is 17.0. The fraction of sp³-hybridized carbons (Fsp3) is 0.614. The molecule has 0 aromatic heterocycles. The lowest BCUT2D eigenvalue weighted by molar-refractivity contribution is -0.439. The van der Waals surface area contributed by atoms with Gasteiger partial charge in [0.2, 0.25) is 23.2 Å². The summed E-state index contributed by atoms with van der Waals surface area (Å²) in [5.41, 5.74) is 4.97. The Balaban J connectivity index is 1.16. The Hall–Kier alpha value is -3.76. The minimum absolute atomic E-state index is 0.0721. The first-order valence-corrected chi connectivity index (χ1v) is 25.7. The smallest absolute Gasteiger partial charge is 0.305 e. The van der Waals surface area contributed by atoms with Gasteiger partial charge in [-0.15, -0.1) is 4.33 Å². The van der Waals surface area contributed by atoms with Crippen LogP contribution in [0, 0.1) is 0 Å². The van der Waals surface area contributed by atoms with Gasteiger partial charge in [-0.3, -0.25) is 23.5 Å². The van der Waals surface area contributed by atoms with Gasteiger partial charge in [-0.2, -0.15) is 26.0 Å². The van der Waals surface area contributed by atoms with Gasteiger partial charge in [0.1, 0.15) is 13.1 Å². The van der Waals surface area contributed by atoms with Crippen LogP contribution < -0.4 is 10.6 Å². The number of nitrogens with zero attached hydrogens (tertiary/aromatic N) is 2. The molecule has 2 heterocycles. The number of benzene rings is 2. The zero-order chi connectivity index (χ0) is 47.1. The van der Waals surface area contributed by atoms with E-state index in [0.717, 1.165) is 91.8 Å². The highest BCUT2D eigenvalue weighted by Crippen LogP contribution is 2.46. The molecule has 2 atom stereocenters. The lowest BCUT2D eigenvalue weighted by Gasteiger charge is -2.22. The third kappa shape index (κ3) is 14.6. The predicted octanol–water partition coefficient (Wildman–Crippen LogP) is 6.96. The molecule has 0 saturated heterocycles. The molecule has 20 heteroatoms. The van der Waals surface area contributed by atoms with Gasteiger partial charge in [-0.1, -0.05) is 30.7 Å². The summed E-state index contributed by atoms with van der Waals surface area (Å²) < 4.78 is 79.3. The summed E-state index contributed by atoms with van der Waals surface area (Å²) in [4.78, 5) is 37.3. The van der Waals surface area contributed by atoms with Crippen LogP contribution in [0.4, 0.5) is 11.4 Å². The number of rotatable bonds is 29. The molecule has 0 aliphatic carbocycles. The van der Waals surface area contributed by atoms with Crippen LogP contribution in [0.1, 0.15) is 135 Å². The summed E-state index contributed by atoms with van der Waals surface area (Å²) in [7, 11) is -7.20. The maximum absolute atomic E-state index is 12.6. The van der Waals surface area contributed by atoms with E-state index >= 15 is 0 Å². The maximum atomic E-state index is 12.6. The Morgan fingerprint density at radius 3 is 1.70 bits per heavy atom. The van der Waals surface area contributed by atoms with E-state index in [4.69, 9.17) is 14.3 Å². The molecule has 0 fully saturated rings. The second kappa shape index (κ2) is 24.1. The fourth-order valence-corrected chi connectivity index (χ4v) is 10.3. The van der Waals surface area contributed by atoms with Crippen LogP contribution in [0.2, 0.25) is 0 Å². The predicted molar refractivity (Wildman–Crippen MR) is 243 cm³/mol. The minimum atomic E-state index is -4.46. The van der Waals surface area contributed by atoms with Gasteiger partial charge in [0.15, 0.2) is 11.4 Å². The number of hydrogen-bond donors (Lipinski definition) is 5. The van der Waals surface area contributed by atoms with Crippen molar-refractivity contribution < 1.29 is 68.8 Å². The van der Waals surface area contributed by atoms with E-state index in [1.165, 1.54) is 25.0 Å². The van der Waals surface area contributed by atoms with Gasteiger partial charge in [-0.05, 0) is 76.6 Å². The van der Waals surface area contributed by atoms with Crippen molar-refractivity contribution in [2.75, 3.05) is 39.0 Å². The van der Waals surface area contributed by atoms with Crippen LogP contribution in [-0.4, -0.2) is 109 Å². The van der Waals surface area contributed by atoms with Crippen LogP contribution in [0.25, 0.3) is 0 Å². The normalized spacial score (nSPS) is 18.3. The Morgan fingerprint density at radius 2 is 1.19 bits per heavy atom. The van der Waals surface area contributed by atoms with Gasteiger partial charge in [-0.25, -0.2) is 5.26 Å². The Bertz CT molecular complexity index is 2270. The molecule has 2 aliphatic heterocycles. The number of nitrogens with one attached hydrogen (secondary N) is 2. The van der Waals surface area contributed by atoms with Crippen LogP contribution >= 0.6 is 12.0 Å². The van der Waals surface area contributed by atoms with Crippen LogP contribution in [0.3, 0.4) is 0 Å². The molecule has 2 aromatic rings. The van der Waals surface area contributed by atoms with Crippen molar-refractivity contribution in [1.29, 1.82) is 0 Å². The second-order valence-corrected chi connectivity index (χ2v) is 20.8. The van der Waals surface area contributed by atoms with Gasteiger partial charge < -0.3 is 15.4 Å². The molecule has 4 rings (SSSR count). The average Bonchev–Trinajstić information content (AvgIpc) is 3.58. The highest BCUT2D eigenvalue weighted by atomic mass is 32.2. The van der Waals surface area contributed by atoms with Crippen LogP contribution in [0.5, 0.6) is 0 Å². The summed E-state index contributed by atoms with van der Waals surface area (Å²) in [6.07, 6.45) is 9.87. The van der Waals surface area contributed by atoms with E-state index < -0.39 is 31.4 Å². The zero-order valence-electron chi connectivity index (χ0n) is 37.6. The van der Waals surface area contributed by atoms with E-state index in [-0.39, 0.29) is 34.5 Å². The lowest BCUT2D eigenvalue weighted by Crippen LogP contribution is -2.34. The van der Waals surface area contributed by atoms with Crippen molar-refractivity contribution >= 4 is 72.9 Å². The number of carbonyl (C=O) groups is 3. The summed E-state index contributed by atoms with van der Waals surface area (Å²) >= 11 is 0.927. The fourth-order valence-electron chi connectivity index (χ4n) is 8.89. The first kappa shape index (κ1) is 52.9. The number of fused-ring (bicyclic) bond motifs is 2. The summed E-state index contributed by atoms with van der Waals surface area (Å²) in [6.45, 7) is 9.99. The first-order valence-electron chi connectivity index (χ1n) is 21.9. The van der Waals surface area contributed by atoms with Gasteiger partial charge in [0.25, 0.3) is 20.2 Å². The summed E-state index contributed by atoms with van der Waals surface area (Å²) in [5, 5.41) is 18.2. The molecule has 2 unspecified atom stereocenters. The van der Waals surface area contributed by atoms with Crippen LogP contribution in [-0.2, 0) is 59.6 Å². The number of hydrogen-bond acceptors (Lipinski definition) is 12. The molecule has 5 N–H and O–H groups in total. The third-order valence-electron chi connectivity index (χ3n) is 12.8. The highest BCUT2D eigenvalue weighted by molar-refractivity contribution is 7.94. The Labute approximate surface area is 382 Å². The molecule has 2 aliphatic rings. The van der Waals surface area contributed by atoms with E-state index in [9.17, 15) is 40.3 Å². The monoisotopic (exact) mass is 954 g/mol. The largest absolute Gasteiger partial charge is 0.469 e. The minimum Gasteiger partial charge on any atom is -0.469 e. The third-order valence-corrected chi connectivity index (χ3v) is 15.0. The number of amides is 2. The number of carbonyl (C=O) groups excluding carboxylic acids is 3. The maximum Gasteiger partial charge on any atom is 0.305 e. The van der Waals surface area contributed by atoms with Crippen molar-refractivity contribution in [1.82, 2.24) is 10.6 Å². The van der Waals surface area contributed by atoms with Crippen molar-refractivity contribution in [3.63, 3.8) is 0 Å². The SMILES string of the molecule is COC(=O)CCCCCC1(C)C(C)=[N+](CCCCCC(=O)NCCNC(=O)CCCCCC2(C)C(C)=[N+](CCCS(=O)(=O)O)c3ccc(S(=O)(=O)O)cc32)c2ccc(SOOO)cc21. The molecule has 64 heavy (non-hydrogen) atoms. The highest BCUT2D eigenvalue weighted by Gasteiger charge is 2.47. The Morgan fingerprint density at radius 1 is 0.688 bits per heavy atom. The van der Waals surface area contributed by atoms with E-state index in [2.05, 4.69) is 46.2 Å². The van der Waals surface area contributed by atoms with Crippen molar-refractivity contribution in [2.45, 2.75) is 145 Å². The molecule has 17 nitrogen and oxygen atoms in total. The van der Waals surface area contributed by atoms with Crippen molar-refractivity contribution in [3.05, 3.63) is 47.5 Å². The molecule has 356 valence electrons. The summed E-state index contributed by atoms with van der Waals surface area (Å²) in [6, 6.07) is 10.4. The van der Waals surface area contributed by atoms with Gasteiger partial charge >= 0.3 is 5.97 Å². The van der Waals surface area contributed by atoms with Crippen molar-refractivity contribution in [2.24, 2.45) is 0 Å². The van der Waals surface area contributed by atoms with Crippen LogP contribution in [0.15, 0.2) is 46.2 Å². The standard InChI is InChI=1S/C44H64N4O13S3/c1-32-43(3,23-13-7-11-18-42(51)59-5)36-30-34(62-61-60-52)19-21-38(36)47(32)27-14-8-10-17-41(50)46-26-25-45-40(49)16-9-6-12-24-44(4)33(2)48(28-15-29-63(53,54)55)39-22-20-35(31-37(39)44)64(56,57)58/h19-22,30-31H,6-18,23-29H2,1-5H3,(H3-2,45,46,49,50,52,53,54,55,56,57,58)/p+2. The molecule has 2 amide bonds. The van der Waals surface area contributed by atoms with Crippen molar-refractivity contribution in [3.8, 4) is 0 Å². The van der Waals surface area contributed by atoms with E-state index in [0.29, 0.717) is 69.4 Å². The zero-order valence-corrected chi connectivity index (χ0v) is 40.1. The lowest BCUT2D eigenvalue weighted by atomic mass is 9.76. The molecule has 0 saturated carbocycles. The molecule has 2 aromatic carbocycles. The molecule has 0 spiro atoms. The molecule has 0 radical (unpaired) electrons. The number of unbranched alkanes of at least 4 members (excludes halogenated alkanes) is 6. The first-order chi connectivity index (χ1) is 30.2. The van der Waals surface area contributed by atoms with E-state index in [1.807, 2.05) is 24.5 Å². The molecule has 0 bridgehead atoms. The number of methoxy groups -OCH3 is 1. The molecular formula is C44H66N4O13S3+2. The van der Waals surface area contributed by atoms with Gasteiger partial charge in [0.05, 0.1) is 40.6 Å². The van der Waals surface area contributed by atoms with Gasteiger partial charge in [0, 0.05) is 87.2 Å². The number of ether oxygens (including phenoxy) is 1. The molecular weight excluding hydrogens is 889 g/mol. The number of esters is 1. The topological polar surface area (TPSA) is 238 Å². The quantitative estimate of drug-likeness (QED) is 0.0105. The Kier molecular flexibility index (Phi) is 19.9.